The molecule has 14 heavy (non-hydrogen) atoms. The third-order valence-electron chi connectivity index (χ3n) is 2.30. The molecule has 76 valence electrons. The van der Waals surface area contributed by atoms with Crippen LogP contribution in [-0.4, -0.2) is 16.2 Å². The summed E-state index contributed by atoms with van der Waals surface area (Å²) in [5.74, 6) is -1.21. The predicted molar refractivity (Wildman–Crippen MR) is 53.2 cm³/mol. The Morgan fingerprint density at radius 3 is 2.57 bits per heavy atom. The lowest BCUT2D eigenvalue weighted by molar-refractivity contribution is -0.146. The van der Waals surface area contributed by atoms with E-state index in [1.165, 1.54) is 5.56 Å². The first-order valence-corrected chi connectivity index (χ1v) is 4.56. The molecule has 0 heterocycles. The Labute approximate surface area is 83.0 Å². The van der Waals surface area contributed by atoms with Gasteiger partial charge in [0.1, 0.15) is 0 Å². The third-order valence-corrected chi connectivity index (χ3v) is 2.30. The number of benzene rings is 1. The number of aryl methyl sites for hydroxylation is 2. The molecule has 0 aliphatic carbocycles. The van der Waals surface area contributed by atoms with Gasteiger partial charge in [-0.2, -0.15) is 0 Å². The average Bonchev–Trinajstić information content (AvgIpc) is 2.16. The zero-order valence-corrected chi connectivity index (χ0v) is 8.32. The summed E-state index contributed by atoms with van der Waals surface area (Å²) >= 11 is 0. The maximum atomic E-state index is 10.5. The first-order valence-electron chi connectivity index (χ1n) is 4.56. The fourth-order valence-electron chi connectivity index (χ4n) is 1.43. The van der Waals surface area contributed by atoms with Gasteiger partial charge in [0.2, 0.25) is 0 Å². The third kappa shape index (κ3) is 2.12. The van der Waals surface area contributed by atoms with Crippen LogP contribution in [0.15, 0.2) is 18.2 Å². The summed E-state index contributed by atoms with van der Waals surface area (Å²) in [6.07, 6.45) is -0.505. The Morgan fingerprint density at radius 1 is 1.50 bits per heavy atom. The van der Waals surface area contributed by atoms with Gasteiger partial charge in [-0.1, -0.05) is 25.1 Å². The van der Waals surface area contributed by atoms with Crippen molar-refractivity contribution in [3.05, 3.63) is 34.9 Å². The summed E-state index contributed by atoms with van der Waals surface area (Å²) in [6, 6.07) is 5.24. The molecule has 0 bridgehead atoms. The Kier molecular flexibility index (Phi) is 3.25. The molecule has 2 N–H and O–H groups in total. The molecule has 0 fully saturated rings. The standard InChI is InChI=1S/C11H14O3/c1-3-8-4-5-9(6-7(8)2)10(12)11(13)14/h4-6,10,12H,3H2,1-2H3,(H,13,14). The molecule has 0 aromatic heterocycles. The Balaban J connectivity index is 3.02. The second-order valence-electron chi connectivity index (χ2n) is 3.28. The molecule has 0 amide bonds. The fourth-order valence-corrected chi connectivity index (χ4v) is 1.43. The van der Waals surface area contributed by atoms with Crippen LogP contribution in [0.5, 0.6) is 0 Å². The van der Waals surface area contributed by atoms with E-state index in [1.807, 2.05) is 19.9 Å². The molecule has 3 heteroatoms. The van der Waals surface area contributed by atoms with Crippen LogP contribution in [0.2, 0.25) is 0 Å². The van der Waals surface area contributed by atoms with Gasteiger partial charge in [0.25, 0.3) is 0 Å². The SMILES string of the molecule is CCc1ccc(C(O)C(=O)O)cc1C. The van der Waals surface area contributed by atoms with E-state index in [4.69, 9.17) is 5.11 Å². The molecule has 0 saturated carbocycles. The zero-order chi connectivity index (χ0) is 10.7. The molecule has 0 radical (unpaired) electrons. The van der Waals surface area contributed by atoms with Crippen molar-refractivity contribution in [1.82, 2.24) is 0 Å². The molecule has 1 aromatic rings. The molecule has 1 rings (SSSR count). The van der Waals surface area contributed by atoms with Crippen LogP contribution < -0.4 is 0 Å². The van der Waals surface area contributed by atoms with Crippen molar-refractivity contribution in [3.63, 3.8) is 0 Å². The van der Waals surface area contributed by atoms with E-state index in [9.17, 15) is 9.90 Å². The Morgan fingerprint density at radius 2 is 2.14 bits per heavy atom. The van der Waals surface area contributed by atoms with Gasteiger partial charge in [0.05, 0.1) is 0 Å². The van der Waals surface area contributed by atoms with Gasteiger partial charge >= 0.3 is 5.97 Å². The van der Waals surface area contributed by atoms with E-state index < -0.39 is 12.1 Å². The molecule has 3 nitrogen and oxygen atoms in total. The largest absolute Gasteiger partial charge is 0.479 e. The van der Waals surface area contributed by atoms with Crippen LogP contribution in [0.4, 0.5) is 0 Å². The number of hydrogen-bond acceptors (Lipinski definition) is 2. The van der Waals surface area contributed by atoms with Gasteiger partial charge in [-0.05, 0) is 30.0 Å². The van der Waals surface area contributed by atoms with E-state index in [2.05, 4.69) is 0 Å². The van der Waals surface area contributed by atoms with Gasteiger partial charge in [0.15, 0.2) is 6.10 Å². The molecule has 1 aromatic carbocycles. The van der Waals surface area contributed by atoms with Crippen LogP contribution in [0.1, 0.15) is 29.7 Å². The van der Waals surface area contributed by atoms with Crippen LogP contribution in [-0.2, 0) is 11.2 Å². The minimum Gasteiger partial charge on any atom is -0.479 e. The highest BCUT2D eigenvalue weighted by molar-refractivity contribution is 5.74. The van der Waals surface area contributed by atoms with Crippen molar-refractivity contribution in [3.8, 4) is 0 Å². The number of aliphatic hydroxyl groups is 1. The quantitative estimate of drug-likeness (QED) is 0.769. The van der Waals surface area contributed by atoms with Gasteiger partial charge in [-0.15, -0.1) is 0 Å². The monoisotopic (exact) mass is 194 g/mol. The Bertz CT molecular complexity index is 344. The van der Waals surface area contributed by atoms with E-state index in [-0.39, 0.29) is 0 Å². The lowest BCUT2D eigenvalue weighted by Gasteiger charge is -2.09. The van der Waals surface area contributed by atoms with Gasteiger partial charge < -0.3 is 10.2 Å². The smallest absolute Gasteiger partial charge is 0.337 e. The number of carboxylic acids is 1. The minimum absolute atomic E-state index is 0.437. The van der Waals surface area contributed by atoms with E-state index in [1.54, 1.807) is 12.1 Å². The second-order valence-corrected chi connectivity index (χ2v) is 3.28. The van der Waals surface area contributed by atoms with Crippen LogP contribution >= 0.6 is 0 Å². The van der Waals surface area contributed by atoms with Gasteiger partial charge in [-0.25, -0.2) is 4.79 Å². The van der Waals surface area contributed by atoms with E-state index in [0.29, 0.717) is 5.56 Å². The van der Waals surface area contributed by atoms with Gasteiger partial charge in [0, 0.05) is 0 Å². The van der Waals surface area contributed by atoms with Crippen molar-refractivity contribution in [2.45, 2.75) is 26.4 Å². The number of aliphatic hydroxyl groups excluding tert-OH is 1. The Hall–Kier alpha value is -1.35. The van der Waals surface area contributed by atoms with Crippen LogP contribution in [0, 0.1) is 6.92 Å². The van der Waals surface area contributed by atoms with Crippen molar-refractivity contribution < 1.29 is 15.0 Å². The second kappa shape index (κ2) is 4.24. The summed E-state index contributed by atoms with van der Waals surface area (Å²) in [5, 5.41) is 17.9. The molecule has 0 saturated heterocycles. The molecule has 1 unspecified atom stereocenters. The molecule has 0 spiro atoms. The van der Waals surface area contributed by atoms with Gasteiger partial charge in [-0.3, -0.25) is 0 Å². The number of carboxylic acid groups (broad SMARTS) is 1. The van der Waals surface area contributed by atoms with Crippen molar-refractivity contribution >= 4 is 5.97 Å². The minimum atomic E-state index is -1.42. The number of carbonyl (C=O) groups is 1. The first-order chi connectivity index (χ1) is 6.56. The van der Waals surface area contributed by atoms with Crippen LogP contribution in [0.25, 0.3) is 0 Å². The average molecular weight is 194 g/mol. The summed E-state index contributed by atoms with van der Waals surface area (Å²) in [7, 11) is 0. The maximum Gasteiger partial charge on any atom is 0.337 e. The lowest BCUT2D eigenvalue weighted by Crippen LogP contribution is -2.10. The lowest BCUT2D eigenvalue weighted by atomic mass is 10.0. The number of rotatable bonds is 3. The normalized spacial score (nSPS) is 12.5. The molecular weight excluding hydrogens is 180 g/mol. The number of aliphatic carboxylic acids is 1. The van der Waals surface area contributed by atoms with Crippen LogP contribution in [0.3, 0.4) is 0 Å². The van der Waals surface area contributed by atoms with Crippen molar-refractivity contribution in [1.29, 1.82) is 0 Å². The topological polar surface area (TPSA) is 57.5 Å². The summed E-state index contributed by atoms with van der Waals surface area (Å²) in [6.45, 7) is 3.95. The highest BCUT2D eigenvalue weighted by Gasteiger charge is 2.15. The summed E-state index contributed by atoms with van der Waals surface area (Å²) < 4.78 is 0. The van der Waals surface area contributed by atoms with E-state index in [0.717, 1.165) is 12.0 Å². The maximum absolute atomic E-state index is 10.5. The molecular formula is C11H14O3. The highest BCUT2D eigenvalue weighted by Crippen LogP contribution is 2.17. The van der Waals surface area contributed by atoms with E-state index >= 15 is 0 Å². The molecule has 0 aliphatic heterocycles. The fraction of sp³-hybridized carbons (Fsp3) is 0.364. The molecule has 0 aliphatic rings. The zero-order valence-electron chi connectivity index (χ0n) is 8.32. The predicted octanol–water partition coefficient (Wildman–Crippen LogP) is 1.68. The van der Waals surface area contributed by atoms with Crippen molar-refractivity contribution in [2.24, 2.45) is 0 Å². The highest BCUT2D eigenvalue weighted by atomic mass is 16.4. The summed E-state index contributed by atoms with van der Waals surface area (Å²) in [4.78, 5) is 10.5. The molecule has 1 atom stereocenters. The number of hydrogen-bond donors (Lipinski definition) is 2. The first kappa shape index (κ1) is 10.7. The van der Waals surface area contributed by atoms with Crippen molar-refractivity contribution in [2.75, 3.05) is 0 Å². The summed E-state index contributed by atoms with van der Waals surface area (Å²) in [5.41, 5.74) is 2.63.